The fourth-order valence-electron chi connectivity index (χ4n) is 1.94. The van der Waals surface area contributed by atoms with Crippen LogP contribution in [0.15, 0.2) is 45.3 Å². The third kappa shape index (κ3) is 1.88. The summed E-state index contributed by atoms with van der Waals surface area (Å²) in [7, 11) is 0. The van der Waals surface area contributed by atoms with Gasteiger partial charge in [0.2, 0.25) is 5.89 Å². The average Bonchev–Trinajstić information content (AvgIpc) is 2.71. The van der Waals surface area contributed by atoms with Crippen molar-refractivity contribution in [1.82, 2.24) is 4.98 Å². The van der Waals surface area contributed by atoms with Crippen molar-refractivity contribution in [1.29, 1.82) is 0 Å². The molecule has 0 atom stereocenters. The quantitative estimate of drug-likeness (QED) is 0.687. The maximum Gasteiger partial charge on any atom is 0.227 e. The van der Waals surface area contributed by atoms with Crippen molar-refractivity contribution in [2.45, 2.75) is 6.92 Å². The Hall–Kier alpha value is -1.81. The number of hydrogen-bond donors (Lipinski definition) is 1. The Kier molecular flexibility index (Phi) is 2.59. The van der Waals surface area contributed by atoms with Gasteiger partial charge in [0, 0.05) is 15.7 Å². The van der Waals surface area contributed by atoms with Crippen molar-refractivity contribution in [2.24, 2.45) is 0 Å². The first-order valence-corrected chi connectivity index (χ1v) is 6.35. The van der Waals surface area contributed by atoms with E-state index in [4.69, 9.17) is 10.2 Å². The number of fused-ring (bicyclic) bond motifs is 1. The molecule has 0 radical (unpaired) electrons. The number of nitrogens with zero attached hydrogens (tertiary/aromatic N) is 1. The van der Waals surface area contributed by atoms with E-state index in [1.165, 1.54) is 0 Å². The Labute approximate surface area is 113 Å². The molecule has 0 aliphatic carbocycles. The summed E-state index contributed by atoms with van der Waals surface area (Å²) in [6.07, 6.45) is 0. The molecule has 1 aromatic heterocycles. The van der Waals surface area contributed by atoms with Crippen molar-refractivity contribution in [3.05, 3.63) is 46.4 Å². The van der Waals surface area contributed by atoms with Crippen LogP contribution in [-0.4, -0.2) is 4.98 Å². The van der Waals surface area contributed by atoms with Gasteiger partial charge < -0.3 is 10.2 Å². The van der Waals surface area contributed by atoms with E-state index in [1.807, 2.05) is 43.3 Å². The van der Waals surface area contributed by atoms with Gasteiger partial charge in [0.1, 0.15) is 5.52 Å². The number of nitrogens with two attached hydrogens (primary N) is 1. The summed E-state index contributed by atoms with van der Waals surface area (Å²) in [6, 6.07) is 11.5. The minimum absolute atomic E-state index is 0.626. The lowest BCUT2D eigenvalue weighted by molar-refractivity contribution is 0.619. The summed E-state index contributed by atoms with van der Waals surface area (Å²) >= 11 is 3.42. The van der Waals surface area contributed by atoms with Crippen molar-refractivity contribution in [3.63, 3.8) is 0 Å². The molecule has 0 saturated heterocycles. The van der Waals surface area contributed by atoms with Crippen LogP contribution in [0.5, 0.6) is 0 Å². The molecule has 0 aliphatic rings. The molecule has 0 saturated carbocycles. The van der Waals surface area contributed by atoms with E-state index in [0.29, 0.717) is 5.89 Å². The number of aromatic nitrogens is 1. The third-order valence-corrected chi connectivity index (χ3v) is 3.32. The van der Waals surface area contributed by atoms with Crippen molar-refractivity contribution in [3.8, 4) is 11.5 Å². The topological polar surface area (TPSA) is 52.0 Å². The summed E-state index contributed by atoms with van der Waals surface area (Å²) in [5.74, 6) is 0.626. The van der Waals surface area contributed by atoms with Crippen LogP contribution in [0.25, 0.3) is 22.6 Å². The summed E-state index contributed by atoms with van der Waals surface area (Å²) < 4.78 is 6.75. The summed E-state index contributed by atoms with van der Waals surface area (Å²) in [5.41, 5.74) is 10.1. The highest BCUT2D eigenvalue weighted by atomic mass is 79.9. The Morgan fingerprint density at radius 2 is 2.00 bits per heavy atom. The Balaban J connectivity index is 2.19. The van der Waals surface area contributed by atoms with Crippen LogP contribution in [0.2, 0.25) is 0 Å². The van der Waals surface area contributed by atoms with Gasteiger partial charge in [-0.3, -0.25) is 0 Å². The van der Waals surface area contributed by atoms with E-state index in [0.717, 1.165) is 32.4 Å². The fourth-order valence-corrected chi connectivity index (χ4v) is 2.29. The molecule has 0 spiro atoms. The van der Waals surface area contributed by atoms with E-state index in [2.05, 4.69) is 20.9 Å². The molecular formula is C14H11BrN2O. The largest absolute Gasteiger partial charge is 0.436 e. The van der Waals surface area contributed by atoms with E-state index in [-0.39, 0.29) is 0 Å². The predicted molar refractivity (Wildman–Crippen MR) is 76.3 cm³/mol. The number of anilines is 1. The molecular weight excluding hydrogens is 292 g/mol. The maximum absolute atomic E-state index is 5.76. The molecule has 0 fully saturated rings. The van der Waals surface area contributed by atoms with Gasteiger partial charge in [0.25, 0.3) is 0 Å². The molecule has 0 amide bonds. The van der Waals surface area contributed by atoms with Gasteiger partial charge >= 0.3 is 0 Å². The average molecular weight is 303 g/mol. The molecule has 2 aromatic carbocycles. The Bertz CT molecular complexity index is 734. The van der Waals surface area contributed by atoms with Gasteiger partial charge in [-0.2, -0.15) is 0 Å². The van der Waals surface area contributed by atoms with Crippen LogP contribution >= 0.6 is 15.9 Å². The number of benzene rings is 2. The van der Waals surface area contributed by atoms with Crippen LogP contribution in [0.1, 0.15) is 5.56 Å². The second kappa shape index (κ2) is 4.14. The lowest BCUT2D eigenvalue weighted by atomic mass is 10.1. The summed E-state index contributed by atoms with van der Waals surface area (Å²) in [6.45, 7) is 2.00. The zero-order valence-corrected chi connectivity index (χ0v) is 11.4. The number of nitrogen functional groups attached to an aromatic ring is 1. The highest BCUT2D eigenvalue weighted by Crippen LogP contribution is 2.29. The minimum Gasteiger partial charge on any atom is -0.436 e. The molecule has 3 aromatic rings. The number of hydrogen-bond acceptors (Lipinski definition) is 3. The van der Waals surface area contributed by atoms with Gasteiger partial charge in [0.05, 0.1) is 0 Å². The zero-order chi connectivity index (χ0) is 12.7. The molecule has 90 valence electrons. The van der Waals surface area contributed by atoms with Crippen molar-refractivity contribution >= 4 is 32.7 Å². The van der Waals surface area contributed by atoms with Gasteiger partial charge in [-0.05, 0) is 48.9 Å². The molecule has 0 bridgehead atoms. The van der Waals surface area contributed by atoms with Crippen LogP contribution < -0.4 is 5.73 Å². The molecule has 0 unspecified atom stereocenters. The van der Waals surface area contributed by atoms with Crippen LogP contribution in [0, 0.1) is 6.92 Å². The monoisotopic (exact) mass is 302 g/mol. The van der Waals surface area contributed by atoms with Gasteiger partial charge in [-0.1, -0.05) is 15.9 Å². The first-order chi connectivity index (χ1) is 8.63. The minimum atomic E-state index is 0.626. The molecule has 3 nitrogen and oxygen atoms in total. The van der Waals surface area contributed by atoms with Gasteiger partial charge in [-0.15, -0.1) is 0 Å². The van der Waals surface area contributed by atoms with Crippen LogP contribution in [0.4, 0.5) is 5.69 Å². The highest BCUT2D eigenvalue weighted by Gasteiger charge is 2.10. The van der Waals surface area contributed by atoms with E-state index in [1.54, 1.807) is 0 Å². The van der Waals surface area contributed by atoms with Gasteiger partial charge in [-0.25, -0.2) is 4.98 Å². The Morgan fingerprint density at radius 3 is 2.78 bits per heavy atom. The number of halogens is 1. The predicted octanol–water partition coefficient (Wildman–Crippen LogP) is 4.15. The van der Waals surface area contributed by atoms with Gasteiger partial charge in [0.15, 0.2) is 5.58 Å². The number of oxazole rings is 1. The lowest BCUT2D eigenvalue weighted by Gasteiger charge is -2.01. The van der Waals surface area contributed by atoms with Crippen LogP contribution in [-0.2, 0) is 0 Å². The zero-order valence-electron chi connectivity index (χ0n) is 9.77. The van der Waals surface area contributed by atoms with Crippen molar-refractivity contribution in [2.75, 3.05) is 5.73 Å². The summed E-state index contributed by atoms with van der Waals surface area (Å²) in [4.78, 5) is 4.50. The second-order valence-electron chi connectivity index (χ2n) is 4.21. The summed E-state index contributed by atoms with van der Waals surface area (Å²) in [5, 5.41) is 0. The molecule has 18 heavy (non-hydrogen) atoms. The highest BCUT2D eigenvalue weighted by molar-refractivity contribution is 9.10. The second-order valence-corrected chi connectivity index (χ2v) is 5.12. The molecule has 2 N–H and O–H groups in total. The molecule has 1 heterocycles. The maximum atomic E-state index is 5.76. The number of aryl methyl sites for hydroxylation is 1. The van der Waals surface area contributed by atoms with E-state index in [9.17, 15) is 0 Å². The molecule has 0 aliphatic heterocycles. The van der Waals surface area contributed by atoms with Crippen molar-refractivity contribution < 1.29 is 4.42 Å². The lowest BCUT2D eigenvalue weighted by Crippen LogP contribution is -1.88. The smallest absolute Gasteiger partial charge is 0.227 e. The molecule has 3 rings (SSSR count). The standard InChI is InChI=1S/C14H11BrN2O/c1-8-6-10(16)3-4-11(8)14-17-12-7-9(15)2-5-13(12)18-14/h2-7H,16H2,1H3. The van der Waals surface area contributed by atoms with E-state index >= 15 is 0 Å². The first kappa shape index (κ1) is 11.3. The van der Waals surface area contributed by atoms with Crippen LogP contribution in [0.3, 0.4) is 0 Å². The normalized spacial score (nSPS) is 11.0. The first-order valence-electron chi connectivity index (χ1n) is 5.56. The van der Waals surface area contributed by atoms with E-state index < -0.39 is 0 Å². The number of rotatable bonds is 1. The molecule has 4 heteroatoms. The Morgan fingerprint density at radius 1 is 1.17 bits per heavy atom. The third-order valence-electron chi connectivity index (χ3n) is 2.83. The fraction of sp³-hybridized carbons (Fsp3) is 0.0714. The SMILES string of the molecule is Cc1cc(N)ccc1-c1nc2cc(Br)ccc2o1.